The number of esters is 1. The smallest absolute Gasteiger partial charge is 0.338 e. The zero-order valence-corrected chi connectivity index (χ0v) is 21.4. The fraction of sp³-hybridized carbons (Fsp3) is 0.240. The molecule has 1 atom stereocenters. The summed E-state index contributed by atoms with van der Waals surface area (Å²) in [5.74, 6) is -0.214. The molecule has 2 aromatic carbocycles. The highest BCUT2D eigenvalue weighted by molar-refractivity contribution is 9.10. The second-order valence-corrected chi connectivity index (χ2v) is 9.50. The Morgan fingerprint density at radius 1 is 1.21 bits per heavy atom. The number of fused-ring (bicyclic) bond motifs is 1. The molecule has 2 aromatic rings. The quantitative estimate of drug-likeness (QED) is 0.463. The van der Waals surface area contributed by atoms with Crippen molar-refractivity contribution in [2.24, 2.45) is 4.99 Å². The lowest BCUT2D eigenvalue weighted by molar-refractivity contribution is -0.139. The Morgan fingerprint density at radius 2 is 2.03 bits per heavy atom. The van der Waals surface area contributed by atoms with E-state index in [0.717, 1.165) is 20.8 Å². The average molecular weight is 542 g/mol. The number of carbonyl (C=O) groups excluding carboxylic acids is 2. The van der Waals surface area contributed by atoms with Gasteiger partial charge in [-0.3, -0.25) is 4.79 Å². The Morgan fingerprint density at radius 3 is 2.79 bits per heavy atom. The zero-order chi connectivity index (χ0) is 24.2. The molecule has 176 valence electrons. The minimum Gasteiger partial charge on any atom is -0.483 e. The van der Waals surface area contributed by atoms with Gasteiger partial charge in [0, 0.05) is 21.9 Å². The first-order valence-electron chi connectivity index (χ1n) is 10.7. The van der Waals surface area contributed by atoms with Crippen LogP contribution in [0.2, 0.25) is 0 Å². The average Bonchev–Trinajstić information content (AvgIpc) is 3.25. The van der Waals surface area contributed by atoms with Crippen molar-refractivity contribution in [2.75, 3.05) is 18.5 Å². The minimum atomic E-state index is -0.509. The highest BCUT2D eigenvalue weighted by atomic mass is 79.9. The van der Waals surface area contributed by atoms with E-state index in [0.29, 0.717) is 22.7 Å². The van der Waals surface area contributed by atoms with Crippen LogP contribution >= 0.6 is 27.7 Å². The Balaban J connectivity index is 1.64. The molecule has 1 amide bonds. The van der Waals surface area contributed by atoms with Crippen LogP contribution in [0.3, 0.4) is 0 Å². The first-order chi connectivity index (χ1) is 16.4. The predicted molar refractivity (Wildman–Crippen MR) is 138 cm³/mol. The number of aliphatic imine (C=N–C) groups is 1. The zero-order valence-electron chi connectivity index (χ0n) is 19.0. The van der Waals surface area contributed by atoms with Crippen molar-refractivity contribution in [3.8, 4) is 5.75 Å². The van der Waals surface area contributed by atoms with Gasteiger partial charge in [0.05, 0.1) is 23.9 Å². The van der Waals surface area contributed by atoms with Crippen molar-refractivity contribution in [2.45, 2.75) is 26.8 Å². The number of nitrogens with one attached hydrogen (secondary N) is 1. The maximum Gasteiger partial charge on any atom is 0.338 e. The summed E-state index contributed by atoms with van der Waals surface area (Å²) >= 11 is 5.01. The number of thioether (sulfide) groups is 1. The number of hydrogen-bond acceptors (Lipinski definition) is 7. The lowest BCUT2D eigenvalue weighted by Crippen LogP contribution is -2.34. The summed E-state index contributed by atoms with van der Waals surface area (Å²) in [5.41, 5.74) is 3.51. The second kappa shape index (κ2) is 10.5. The number of ether oxygens (including phenoxy) is 2. The summed E-state index contributed by atoms with van der Waals surface area (Å²) in [6.45, 7) is 5.61. The van der Waals surface area contributed by atoms with Gasteiger partial charge in [-0.05, 0) is 62.1 Å². The molecule has 0 saturated carbocycles. The van der Waals surface area contributed by atoms with Crippen LogP contribution in [0.5, 0.6) is 5.75 Å². The third-order valence-electron chi connectivity index (χ3n) is 5.24. The molecule has 0 radical (unpaired) electrons. The van der Waals surface area contributed by atoms with Gasteiger partial charge in [0.2, 0.25) is 0 Å². The summed E-state index contributed by atoms with van der Waals surface area (Å²) in [6, 6.07) is 12.6. The van der Waals surface area contributed by atoms with Crippen LogP contribution < -0.4 is 10.1 Å². The van der Waals surface area contributed by atoms with Crippen LogP contribution in [0.4, 0.5) is 5.69 Å². The van der Waals surface area contributed by atoms with Gasteiger partial charge in [-0.25, -0.2) is 9.79 Å². The third-order valence-corrected chi connectivity index (χ3v) is 6.51. The monoisotopic (exact) mass is 541 g/mol. The van der Waals surface area contributed by atoms with Crippen LogP contribution in [0, 0.1) is 6.92 Å². The van der Waals surface area contributed by atoms with E-state index < -0.39 is 12.0 Å². The molecule has 2 aliphatic rings. The van der Waals surface area contributed by atoms with Crippen LogP contribution in [-0.4, -0.2) is 35.2 Å². The number of nitrogens with zero attached hydrogens (tertiary/aromatic N) is 2. The number of anilines is 1. The lowest BCUT2D eigenvalue weighted by Gasteiger charge is -2.34. The Hall–Kier alpha value is -3.04. The van der Waals surface area contributed by atoms with Gasteiger partial charge in [-0.2, -0.15) is 0 Å². The summed E-state index contributed by atoms with van der Waals surface area (Å²) in [7, 11) is 0. The maximum absolute atomic E-state index is 13.0. The molecule has 4 rings (SSSR count). The normalized spacial score (nSPS) is 16.8. The first-order valence-corrected chi connectivity index (χ1v) is 12.4. The first kappa shape index (κ1) is 24.1. The van der Waals surface area contributed by atoms with E-state index in [1.807, 2.05) is 59.8 Å². The Kier molecular flexibility index (Phi) is 7.43. The Bertz CT molecular complexity index is 1220. The molecular formula is C25H24BrN3O4S. The molecule has 0 unspecified atom stereocenters. The van der Waals surface area contributed by atoms with E-state index in [4.69, 9.17) is 9.47 Å². The highest BCUT2D eigenvalue weighted by Gasteiger charge is 2.39. The van der Waals surface area contributed by atoms with Gasteiger partial charge < -0.3 is 19.7 Å². The SMILES string of the molecule is CCOC(=O)C1=C(C)N=C2SC=CN2[C@H]1c1cc(Br)ccc1OCC(=O)Nc1cccc(C)c1. The van der Waals surface area contributed by atoms with Crippen LogP contribution in [-0.2, 0) is 14.3 Å². The molecule has 7 nitrogen and oxygen atoms in total. The van der Waals surface area contributed by atoms with Crippen molar-refractivity contribution in [1.82, 2.24) is 4.90 Å². The second-order valence-electron chi connectivity index (χ2n) is 7.72. The fourth-order valence-electron chi connectivity index (χ4n) is 3.80. The van der Waals surface area contributed by atoms with Crippen molar-refractivity contribution < 1.29 is 19.1 Å². The van der Waals surface area contributed by atoms with Gasteiger partial charge in [0.25, 0.3) is 5.91 Å². The molecule has 0 bridgehead atoms. The predicted octanol–water partition coefficient (Wildman–Crippen LogP) is 5.54. The maximum atomic E-state index is 13.0. The number of amides is 1. The summed E-state index contributed by atoms with van der Waals surface area (Å²) in [4.78, 5) is 32.0. The number of rotatable bonds is 7. The van der Waals surface area contributed by atoms with E-state index in [-0.39, 0.29) is 19.1 Å². The standard InChI is InChI=1S/C25H24BrN3O4S/c1-4-32-24(31)22-16(3)27-25-29(10-11-34-25)23(22)19-13-17(26)8-9-20(19)33-14-21(30)28-18-7-5-6-15(2)12-18/h5-13,23H,4,14H2,1-3H3,(H,28,30)/t23-/m0/s1. The largest absolute Gasteiger partial charge is 0.483 e. The molecule has 0 saturated heterocycles. The minimum absolute atomic E-state index is 0.182. The summed E-state index contributed by atoms with van der Waals surface area (Å²) in [6.07, 6.45) is 1.88. The van der Waals surface area contributed by atoms with Crippen molar-refractivity contribution >= 4 is 50.4 Å². The highest BCUT2D eigenvalue weighted by Crippen LogP contribution is 2.44. The van der Waals surface area contributed by atoms with E-state index in [9.17, 15) is 9.59 Å². The topological polar surface area (TPSA) is 80.2 Å². The lowest BCUT2D eigenvalue weighted by atomic mass is 9.94. The van der Waals surface area contributed by atoms with Gasteiger partial charge in [-0.15, -0.1) is 0 Å². The number of hydrogen-bond donors (Lipinski definition) is 1. The number of halogens is 1. The van der Waals surface area contributed by atoms with Crippen LogP contribution in [0.25, 0.3) is 0 Å². The van der Waals surface area contributed by atoms with Gasteiger partial charge in [0.1, 0.15) is 5.75 Å². The number of allylic oxidation sites excluding steroid dienone is 1. The number of benzene rings is 2. The van der Waals surface area contributed by atoms with Crippen LogP contribution in [0.15, 0.2) is 74.8 Å². The Labute approximate surface area is 211 Å². The van der Waals surface area contributed by atoms with E-state index in [1.54, 1.807) is 19.9 Å². The van der Waals surface area contributed by atoms with E-state index in [1.165, 1.54) is 11.8 Å². The van der Waals surface area contributed by atoms with Gasteiger partial charge in [0.15, 0.2) is 11.8 Å². The van der Waals surface area contributed by atoms with Gasteiger partial charge >= 0.3 is 5.97 Å². The number of amidine groups is 1. The summed E-state index contributed by atoms with van der Waals surface area (Å²) in [5, 5.41) is 5.53. The molecular weight excluding hydrogens is 518 g/mol. The van der Waals surface area contributed by atoms with Crippen molar-refractivity contribution in [1.29, 1.82) is 0 Å². The third kappa shape index (κ3) is 5.20. The molecule has 0 fully saturated rings. The molecule has 34 heavy (non-hydrogen) atoms. The van der Waals surface area contributed by atoms with Crippen LogP contribution in [0.1, 0.15) is 31.0 Å². The molecule has 9 heteroatoms. The fourth-order valence-corrected chi connectivity index (χ4v) is 4.97. The molecule has 1 N–H and O–H groups in total. The number of carbonyl (C=O) groups is 2. The van der Waals surface area contributed by atoms with Crippen molar-refractivity contribution in [3.05, 3.63) is 80.9 Å². The molecule has 0 spiro atoms. The molecule has 0 aromatic heterocycles. The van der Waals surface area contributed by atoms with E-state index >= 15 is 0 Å². The van der Waals surface area contributed by atoms with Crippen molar-refractivity contribution in [3.63, 3.8) is 0 Å². The molecule has 2 heterocycles. The number of aryl methyl sites for hydroxylation is 1. The molecule has 2 aliphatic heterocycles. The molecule has 0 aliphatic carbocycles. The van der Waals surface area contributed by atoms with Gasteiger partial charge in [-0.1, -0.05) is 39.8 Å². The van der Waals surface area contributed by atoms with E-state index in [2.05, 4.69) is 26.2 Å². The summed E-state index contributed by atoms with van der Waals surface area (Å²) < 4.78 is 12.2.